The Balaban J connectivity index is 2.15. The van der Waals surface area contributed by atoms with Crippen LogP contribution in [0, 0.1) is 6.92 Å². The van der Waals surface area contributed by atoms with E-state index in [1.807, 2.05) is 31.2 Å². The van der Waals surface area contributed by atoms with Gasteiger partial charge in [-0.25, -0.2) is 8.42 Å². The van der Waals surface area contributed by atoms with Crippen molar-refractivity contribution < 1.29 is 17.9 Å². The quantitative estimate of drug-likeness (QED) is 0.593. The molecule has 5 nitrogen and oxygen atoms in total. The van der Waals surface area contributed by atoms with Gasteiger partial charge in [-0.3, -0.25) is 4.31 Å². The third kappa shape index (κ3) is 4.12. The highest BCUT2D eigenvalue weighted by Gasteiger charge is 2.27. The second kappa shape index (κ2) is 8.35. The summed E-state index contributed by atoms with van der Waals surface area (Å²) in [6.07, 6.45) is 0. The van der Waals surface area contributed by atoms with Gasteiger partial charge < -0.3 is 9.47 Å². The second-order valence-corrected chi connectivity index (χ2v) is 8.21. The number of rotatable bonds is 7. The summed E-state index contributed by atoms with van der Waals surface area (Å²) in [4.78, 5) is 0.223. The Labute approximate surface area is 166 Å². The van der Waals surface area contributed by atoms with Crippen LogP contribution in [0.1, 0.15) is 11.1 Å². The molecule has 0 bridgehead atoms. The first kappa shape index (κ1) is 19.8. The molecule has 146 valence electrons. The van der Waals surface area contributed by atoms with Gasteiger partial charge in [0.2, 0.25) is 0 Å². The highest BCUT2D eigenvalue weighted by atomic mass is 32.2. The molecule has 0 aliphatic rings. The molecule has 0 saturated heterocycles. The lowest BCUT2D eigenvalue weighted by molar-refractivity contribution is 0.394. The zero-order valence-corrected chi connectivity index (χ0v) is 16.9. The van der Waals surface area contributed by atoms with Crippen LogP contribution in [-0.4, -0.2) is 22.6 Å². The van der Waals surface area contributed by atoms with Crippen LogP contribution in [0.3, 0.4) is 0 Å². The standard InChI is InChI=1S/C22H23NO4S/c1-17-8-7-9-18(14-17)16-23(28(24,25)20-10-5-4-6-11-20)21-13-12-19(26-2)15-22(21)27-3/h4-15H,16H2,1-3H3. The van der Waals surface area contributed by atoms with Crippen LogP contribution in [0.2, 0.25) is 0 Å². The fraction of sp³-hybridized carbons (Fsp3) is 0.182. The SMILES string of the molecule is COc1ccc(N(Cc2cccc(C)c2)S(=O)(=O)c2ccccc2)c(OC)c1. The van der Waals surface area contributed by atoms with Crippen molar-refractivity contribution in [3.63, 3.8) is 0 Å². The van der Waals surface area contributed by atoms with Gasteiger partial charge >= 0.3 is 0 Å². The van der Waals surface area contributed by atoms with Crippen LogP contribution in [0.5, 0.6) is 11.5 Å². The zero-order chi connectivity index (χ0) is 20.1. The van der Waals surface area contributed by atoms with Crippen LogP contribution < -0.4 is 13.8 Å². The third-order valence-electron chi connectivity index (χ3n) is 4.40. The fourth-order valence-electron chi connectivity index (χ4n) is 2.99. The Morgan fingerprint density at radius 1 is 0.857 bits per heavy atom. The molecule has 0 heterocycles. The van der Waals surface area contributed by atoms with Gasteiger partial charge in [0.15, 0.2) is 0 Å². The summed E-state index contributed by atoms with van der Waals surface area (Å²) in [7, 11) is -0.737. The van der Waals surface area contributed by atoms with Gasteiger partial charge in [-0.15, -0.1) is 0 Å². The van der Waals surface area contributed by atoms with Gasteiger partial charge in [0.05, 0.1) is 31.3 Å². The van der Waals surface area contributed by atoms with E-state index >= 15 is 0 Å². The molecule has 0 N–H and O–H groups in total. The second-order valence-electron chi connectivity index (χ2n) is 6.35. The largest absolute Gasteiger partial charge is 0.497 e. The molecule has 0 atom stereocenters. The van der Waals surface area contributed by atoms with Crippen LogP contribution in [0.25, 0.3) is 0 Å². The lowest BCUT2D eigenvalue weighted by Crippen LogP contribution is -2.31. The van der Waals surface area contributed by atoms with Gasteiger partial charge in [0.25, 0.3) is 10.0 Å². The molecule has 0 aliphatic carbocycles. The maximum Gasteiger partial charge on any atom is 0.264 e. The number of aryl methyl sites for hydroxylation is 1. The minimum Gasteiger partial charge on any atom is -0.497 e. The summed E-state index contributed by atoms with van der Waals surface area (Å²) >= 11 is 0. The molecular weight excluding hydrogens is 374 g/mol. The molecular formula is C22H23NO4S. The molecule has 0 aromatic heterocycles. The Kier molecular flexibility index (Phi) is 5.90. The van der Waals surface area contributed by atoms with E-state index in [4.69, 9.17) is 9.47 Å². The molecule has 3 aromatic carbocycles. The van der Waals surface area contributed by atoms with Crippen LogP contribution in [0.15, 0.2) is 77.7 Å². The van der Waals surface area contributed by atoms with Gasteiger partial charge in [-0.1, -0.05) is 48.0 Å². The Hall–Kier alpha value is -2.99. The minimum absolute atomic E-state index is 0.182. The highest BCUT2D eigenvalue weighted by Crippen LogP contribution is 2.36. The number of hydrogen-bond donors (Lipinski definition) is 0. The van der Waals surface area contributed by atoms with Crippen molar-refractivity contribution in [1.82, 2.24) is 0 Å². The van der Waals surface area contributed by atoms with Crippen LogP contribution in [0.4, 0.5) is 5.69 Å². The molecule has 0 radical (unpaired) electrons. The molecule has 0 unspecified atom stereocenters. The van der Waals surface area contributed by atoms with Crippen LogP contribution in [-0.2, 0) is 16.6 Å². The summed E-state index contributed by atoms with van der Waals surface area (Å²) in [5, 5.41) is 0. The summed E-state index contributed by atoms with van der Waals surface area (Å²) in [6.45, 7) is 2.16. The molecule has 3 aromatic rings. The third-order valence-corrected chi connectivity index (χ3v) is 6.17. The summed E-state index contributed by atoms with van der Waals surface area (Å²) in [6, 6.07) is 21.3. The number of sulfonamides is 1. The van der Waals surface area contributed by atoms with E-state index in [0.29, 0.717) is 17.2 Å². The monoisotopic (exact) mass is 397 g/mol. The first-order chi connectivity index (χ1) is 13.5. The summed E-state index contributed by atoms with van der Waals surface area (Å²) < 4.78 is 39.1. The Morgan fingerprint density at radius 3 is 2.25 bits per heavy atom. The van der Waals surface area contributed by atoms with E-state index in [2.05, 4.69) is 0 Å². The Bertz CT molecular complexity index is 1050. The van der Waals surface area contributed by atoms with Crippen molar-refractivity contribution in [3.05, 3.63) is 83.9 Å². The molecule has 0 saturated carbocycles. The molecule has 0 spiro atoms. The van der Waals surface area contributed by atoms with Gasteiger partial charge in [-0.2, -0.15) is 0 Å². The fourth-order valence-corrected chi connectivity index (χ4v) is 4.47. The lowest BCUT2D eigenvalue weighted by Gasteiger charge is -2.26. The molecule has 28 heavy (non-hydrogen) atoms. The maximum atomic E-state index is 13.5. The normalized spacial score (nSPS) is 11.1. The van der Waals surface area contributed by atoms with E-state index in [9.17, 15) is 8.42 Å². The van der Waals surface area contributed by atoms with Crippen LogP contribution >= 0.6 is 0 Å². The van der Waals surface area contributed by atoms with E-state index in [1.54, 1.807) is 55.6 Å². The maximum absolute atomic E-state index is 13.5. The van der Waals surface area contributed by atoms with Crippen molar-refractivity contribution in [2.75, 3.05) is 18.5 Å². The van der Waals surface area contributed by atoms with Crippen molar-refractivity contribution in [2.24, 2.45) is 0 Å². The summed E-state index contributed by atoms with van der Waals surface area (Å²) in [5.74, 6) is 1.01. The number of nitrogens with zero attached hydrogens (tertiary/aromatic N) is 1. The molecule has 0 aliphatic heterocycles. The number of anilines is 1. The first-order valence-corrected chi connectivity index (χ1v) is 10.2. The topological polar surface area (TPSA) is 55.8 Å². The molecule has 0 amide bonds. The predicted molar refractivity (Wildman–Crippen MR) is 111 cm³/mol. The van der Waals surface area contributed by atoms with E-state index in [1.165, 1.54) is 11.4 Å². The minimum atomic E-state index is -3.80. The summed E-state index contributed by atoms with van der Waals surface area (Å²) in [5.41, 5.74) is 2.40. The smallest absolute Gasteiger partial charge is 0.264 e. The number of hydrogen-bond acceptors (Lipinski definition) is 4. The van der Waals surface area contributed by atoms with E-state index < -0.39 is 10.0 Å². The highest BCUT2D eigenvalue weighted by molar-refractivity contribution is 7.92. The number of ether oxygens (including phenoxy) is 2. The molecule has 0 fully saturated rings. The predicted octanol–water partition coefficient (Wildman–Crippen LogP) is 4.41. The van der Waals surface area contributed by atoms with E-state index in [0.717, 1.165) is 11.1 Å². The molecule has 3 rings (SSSR count). The van der Waals surface area contributed by atoms with Crippen molar-refractivity contribution in [1.29, 1.82) is 0 Å². The zero-order valence-electron chi connectivity index (χ0n) is 16.1. The van der Waals surface area contributed by atoms with Gasteiger partial charge in [0.1, 0.15) is 11.5 Å². The first-order valence-electron chi connectivity index (χ1n) is 8.81. The lowest BCUT2D eigenvalue weighted by atomic mass is 10.1. The van der Waals surface area contributed by atoms with Crippen molar-refractivity contribution >= 4 is 15.7 Å². The van der Waals surface area contributed by atoms with Gasteiger partial charge in [-0.05, 0) is 36.8 Å². The number of benzene rings is 3. The van der Waals surface area contributed by atoms with E-state index in [-0.39, 0.29) is 11.4 Å². The average molecular weight is 397 g/mol. The average Bonchev–Trinajstić information content (AvgIpc) is 2.72. The molecule has 6 heteroatoms. The number of methoxy groups -OCH3 is 2. The van der Waals surface area contributed by atoms with Gasteiger partial charge in [0, 0.05) is 6.07 Å². The van der Waals surface area contributed by atoms with Crippen molar-refractivity contribution in [2.45, 2.75) is 18.4 Å². The Morgan fingerprint density at radius 2 is 1.61 bits per heavy atom. The van der Waals surface area contributed by atoms with Crippen molar-refractivity contribution in [3.8, 4) is 11.5 Å².